The van der Waals surface area contributed by atoms with E-state index >= 15 is 0 Å². The number of rotatable bonds is 7. The summed E-state index contributed by atoms with van der Waals surface area (Å²) in [7, 11) is 0. The summed E-state index contributed by atoms with van der Waals surface area (Å²) in [5.74, 6) is 0.885. The van der Waals surface area contributed by atoms with Gasteiger partial charge in [0.2, 0.25) is 11.8 Å². The summed E-state index contributed by atoms with van der Waals surface area (Å²) in [5, 5.41) is 7.11. The van der Waals surface area contributed by atoms with Crippen molar-refractivity contribution in [3.8, 4) is 11.6 Å². The summed E-state index contributed by atoms with van der Waals surface area (Å²) < 4.78 is 9.10. The zero-order valence-corrected chi connectivity index (χ0v) is 19.3. The molecule has 0 fully saturated rings. The van der Waals surface area contributed by atoms with Gasteiger partial charge in [-0.3, -0.25) is 4.79 Å². The van der Waals surface area contributed by atoms with Crippen molar-refractivity contribution in [2.75, 3.05) is 11.9 Å². The molecule has 0 amide bonds. The van der Waals surface area contributed by atoms with E-state index in [0.29, 0.717) is 35.1 Å². The van der Waals surface area contributed by atoms with Gasteiger partial charge >= 0.3 is 0 Å². The minimum absolute atomic E-state index is 0.0236. The number of benzene rings is 1. The molecule has 2 N–H and O–H groups in total. The van der Waals surface area contributed by atoms with Crippen molar-refractivity contribution in [3.05, 3.63) is 76.9 Å². The summed E-state index contributed by atoms with van der Waals surface area (Å²) in [6.07, 6.45) is 5.90. The van der Waals surface area contributed by atoms with Gasteiger partial charge in [0.25, 0.3) is 5.56 Å². The van der Waals surface area contributed by atoms with Crippen LogP contribution in [0.3, 0.4) is 0 Å². The molecule has 0 unspecified atom stereocenters. The Morgan fingerprint density at radius 2 is 2.12 bits per heavy atom. The number of ether oxygens (including phenoxy) is 1. The molecule has 0 radical (unpaired) electrons. The predicted octanol–water partition coefficient (Wildman–Crippen LogP) is 3.34. The lowest BCUT2D eigenvalue weighted by molar-refractivity contribution is 0.232. The predicted molar refractivity (Wildman–Crippen MR) is 132 cm³/mol. The highest BCUT2D eigenvalue weighted by atomic mass is 16.5. The molecule has 0 spiro atoms. The molecule has 3 aromatic heterocycles. The van der Waals surface area contributed by atoms with Gasteiger partial charge in [0, 0.05) is 30.7 Å². The van der Waals surface area contributed by atoms with Crippen LogP contribution in [0.2, 0.25) is 0 Å². The molecule has 34 heavy (non-hydrogen) atoms. The van der Waals surface area contributed by atoms with E-state index in [4.69, 9.17) is 9.72 Å². The highest BCUT2D eigenvalue weighted by Crippen LogP contribution is 2.23. The van der Waals surface area contributed by atoms with E-state index in [0.717, 1.165) is 25.2 Å². The van der Waals surface area contributed by atoms with Crippen LogP contribution >= 0.6 is 0 Å². The Morgan fingerprint density at radius 3 is 2.94 bits per heavy atom. The third-order valence-electron chi connectivity index (χ3n) is 5.65. The van der Waals surface area contributed by atoms with Crippen LogP contribution in [-0.2, 0) is 19.5 Å². The number of allylic oxidation sites excluding steroid dienone is 1. The molecule has 1 aromatic carbocycles. The van der Waals surface area contributed by atoms with Crippen molar-refractivity contribution in [1.82, 2.24) is 29.6 Å². The first-order valence-corrected chi connectivity index (χ1v) is 11.4. The number of fused-ring (bicyclic) bond motifs is 2. The number of hydrogen-bond donors (Lipinski definition) is 2. The maximum atomic E-state index is 13.1. The molecule has 0 bridgehead atoms. The van der Waals surface area contributed by atoms with Crippen LogP contribution in [0.25, 0.3) is 16.7 Å². The van der Waals surface area contributed by atoms with E-state index in [-0.39, 0.29) is 11.7 Å². The van der Waals surface area contributed by atoms with Crippen molar-refractivity contribution in [1.29, 1.82) is 0 Å². The van der Waals surface area contributed by atoms with E-state index < -0.39 is 0 Å². The first-order chi connectivity index (χ1) is 16.5. The molecule has 1 aliphatic rings. The molecule has 5 rings (SSSR count). The largest absolute Gasteiger partial charge is 0.475 e. The van der Waals surface area contributed by atoms with Gasteiger partial charge in [-0.15, -0.1) is 6.58 Å². The summed E-state index contributed by atoms with van der Waals surface area (Å²) in [6.45, 7) is 9.84. The number of aromatic nitrogens is 5. The Kier molecular flexibility index (Phi) is 5.85. The molecular formula is C25H27N7O2. The zero-order chi connectivity index (χ0) is 23.7. The van der Waals surface area contributed by atoms with Gasteiger partial charge < -0.3 is 15.4 Å². The maximum absolute atomic E-state index is 13.1. The molecule has 9 nitrogen and oxygen atoms in total. The molecule has 174 valence electrons. The smallest absolute Gasteiger partial charge is 0.278 e. The van der Waals surface area contributed by atoms with Crippen LogP contribution in [0.15, 0.2) is 60.2 Å². The molecule has 0 saturated heterocycles. The minimum atomic E-state index is -0.190. The Labute approximate surface area is 197 Å². The van der Waals surface area contributed by atoms with Gasteiger partial charge in [-0.2, -0.15) is 4.98 Å². The molecular weight excluding hydrogens is 430 g/mol. The molecule has 0 aliphatic carbocycles. The molecule has 9 heteroatoms. The van der Waals surface area contributed by atoms with Gasteiger partial charge in [-0.05, 0) is 56.1 Å². The SMILES string of the molecule is C=CCn1c(=O)c2cnc(Nc3ccc4c(c3)CNCC4)nc2n1-c1ccnc(OC(C)C)c1. The van der Waals surface area contributed by atoms with E-state index in [1.54, 1.807) is 33.9 Å². The monoisotopic (exact) mass is 457 g/mol. The molecule has 1 aliphatic heterocycles. The number of nitrogens with zero attached hydrogens (tertiary/aromatic N) is 5. The topological polar surface area (TPSA) is 98.9 Å². The first-order valence-electron chi connectivity index (χ1n) is 11.4. The van der Waals surface area contributed by atoms with Gasteiger partial charge in [-0.1, -0.05) is 12.1 Å². The van der Waals surface area contributed by atoms with Crippen LogP contribution in [0.1, 0.15) is 25.0 Å². The second-order valence-corrected chi connectivity index (χ2v) is 8.47. The third kappa shape index (κ3) is 4.17. The van der Waals surface area contributed by atoms with E-state index in [2.05, 4.69) is 39.3 Å². The van der Waals surface area contributed by atoms with E-state index in [1.807, 2.05) is 26.0 Å². The standard InChI is InChI=1S/C25H27N7O2/c1-4-11-31-24(33)21-15-28-25(29-19-6-5-17-7-9-26-14-18(17)12-19)30-23(21)32(31)20-8-10-27-22(13-20)34-16(2)3/h4-6,8,10,12-13,15-16,26H,1,7,9,11,14H2,2-3H3,(H,28,29,30). The molecule has 0 atom stereocenters. The van der Waals surface area contributed by atoms with Crippen LogP contribution in [0.4, 0.5) is 11.6 Å². The highest BCUT2D eigenvalue weighted by Gasteiger charge is 2.18. The quantitative estimate of drug-likeness (QED) is 0.411. The Morgan fingerprint density at radius 1 is 1.24 bits per heavy atom. The summed E-state index contributed by atoms with van der Waals surface area (Å²) in [6, 6.07) is 9.90. The van der Waals surface area contributed by atoms with Crippen molar-refractivity contribution in [3.63, 3.8) is 0 Å². The average Bonchev–Trinajstić information content (AvgIpc) is 3.10. The first kappa shape index (κ1) is 21.8. The number of anilines is 2. The van der Waals surface area contributed by atoms with Gasteiger partial charge in [0.05, 0.1) is 18.3 Å². The third-order valence-corrected chi connectivity index (χ3v) is 5.65. The minimum Gasteiger partial charge on any atom is -0.475 e. The van der Waals surface area contributed by atoms with E-state index in [1.165, 1.54) is 11.1 Å². The zero-order valence-electron chi connectivity index (χ0n) is 19.3. The second-order valence-electron chi connectivity index (χ2n) is 8.47. The Hall–Kier alpha value is -3.98. The number of nitrogens with one attached hydrogen (secondary N) is 2. The summed E-state index contributed by atoms with van der Waals surface area (Å²) in [5.41, 5.74) is 4.53. The summed E-state index contributed by atoms with van der Waals surface area (Å²) in [4.78, 5) is 26.6. The fraction of sp³-hybridized carbons (Fsp3) is 0.280. The molecule has 4 aromatic rings. The molecule has 4 heterocycles. The maximum Gasteiger partial charge on any atom is 0.278 e. The van der Waals surface area contributed by atoms with Crippen LogP contribution in [-0.4, -0.2) is 37.0 Å². The molecule has 0 saturated carbocycles. The average molecular weight is 458 g/mol. The Balaban J connectivity index is 1.59. The summed E-state index contributed by atoms with van der Waals surface area (Å²) >= 11 is 0. The highest BCUT2D eigenvalue weighted by molar-refractivity contribution is 5.77. The van der Waals surface area contributed by atoms with Crippen LogP contribution in [0, 0.1) is 0 Å². The number of pyridine rings is 1. The van der Waals surface area contributed by atoms with Gasteiger partial charge in [0.15, 0.2) is 5.65 Å². The van der Waals surface area contributed by atoms with Gasteiger partial charge in [-0.25, -0.2) is 19.3 Å². The fourth-order valence-corrected chi connectivity index (χ4v) is 4.16. The van der Waals surface area contributed by atoms with Crippen LogP contribution in [0.5, 0.6) is 5.88 Å². The second kappa shape index (κ2) is 9.11. The van der Waals surface area contributed by atoms with Crippen molar-refractivity contribution in [2.24, 2.45) is 0 Å². The Bertz CT molecular complexity index is 1420. The lowest BCUT2D eigenvalue weighted by Gasteiger charge is -2.18. The van der Waals surface area contributed by atoms with E-state index in [9.17, 15) is 4.79 Å². The number of hydrogen-bond acceptors (Lipinski definition) is 7. The van der Waals surface area contributed by atoms with Crippen molar-refractivity contribution >= 4 is 22.7 Å². The van der Waals surface area contributed by atoms with Crippen molar-refractivity contribution in [2.45, 2.75) is 39.5 Å². The van der Waals surface area contributed by atoms with Crippen molar-refractivity contribution < 1.29 is 4.74 Å². The van der Waals surface area contributed by atoms with Crippen LogP contribution < -0.4 is 20.9 Å². The fourth-order valence-electron chi connectivity index (χ4n) is 4.16. The normalized spacial score (nSPS) is 13.1. The lowest BCUT2D eigenvalue weighted by Crippen LogP contribution is -2.23. The lowest BCUT2D eigenvalue weighted by atomic mass is 10.0. The van der Waals surface area contributed by atoms with Gasteiger partial charge in [0.1, 0.15) is 5.39 Å².